The van der Waals surface area contributed by atoms with Gasteiger partial charge in [0.1, 0.15) is 6.10 Å². The highest BCUT2D eigenvalue weighted by Gasteiger charge is 2.38. The fourth-order valence-corrected chi connectivity index (χ4v) is 5.53. The minimum Gasteiger partial charge on any atom is -0.403 e. The molecule has 0 amide bonds. The predicted molar refractivity (Wildman–Crippen MR) is 136 cm³/mol. The number of allylic oxidation sites excluding steroid dienone is 1. The molecule has 0 spiro atoms. The van der Waals surface area contributed by atoms with Gasteiger partial charge in [0.2, 0.25) is 9.84 Å². The van der Waals surface area contributed by atoms with E-state index in [2.05, 4.69) is 58.0 Å². The van der Waals surface area contributed by atoms with Gasteiger partial charge in [-0.3, -0.25) is 0 Å². The van der Waals surface area contributed by atoms with Crippen molar-refractivity contribution in [2.24, 2.45) is 0 Å². The predicted octanol–water partition coefficient (Wildman–Crippen LogP) is 6.74. The van der Waals surface area contributed by atoms with Crippen LogP contribution >= 0.6 is 0 Å². The summed E-state index contributed by atoms with van der Waals surface area (Å²) in [5.74, 6) is 6.52. The number of hydrogen-bond donors (Lipinski definition) is 0. The summed E-state index contributed by atoms with van der Waals surface area (Å²) >= 11 is 0. The highest BCUT2D eigenvalue weighted by atomic mass is 32.2. The first-order valence-electron chi connectivity index (χ1n) is 10.9. The fourth-order valence-electron chi connectivity index (χ4n) is 2.89. The van der Waals surface area contributed by atoms with Crippen LogP contribution in [-0.2, 0) is 14.3 Å². The molecule has 0 radical (unpaired) electrons. The largest absolute Gasteiger partial charge is 0.403 e. The molecular weight excluding hydrogens is 432 g/mol. The van der Waals surface area contributed by atoms with E-state index >= 15 is 0 Å². The topological polar surface area (TPSA) is 43.4 Å². The second-order valence-electron chi connectivity index (χ2n) is 9.31. The lowest BCUT2D eigenvalue weighted by Gasteiger charge is -2.38. The van der Waals surface area contributed by atoms with Crippen molar-refractivity contribution in [3.05, 3.63) is 83.4 Å². The number of sulfone groups is 1. The Morgan fingerprint density at radius 3 is 2.12 bits per heavy atom. The minimum atomic E-state index is -3.59. The van der Waals surface area contributed by atoms with Crippen molar-refractivity contribution >= 4 is 18.2 Å². The van der Waals surface area contributed by atoms with Gasteiger partial charge < -0.3 is 4.43 Å². The first-order valence-corrected chi connectivity index (χ1v) is 15.3. The number of hydrogen-bond acceptors (Lipinski definition) is 3. The Kier molecular flexibility index (Phi) is 8.89. The van der Waals surface area contributed by atoms with Crippen LogP contribution in [0.2, 0.25) is 18.1 Å². The van der Waals surface area contributed by atoms with Crippen LogP contribution in [0.15, 0.2) is 82.8 Å². The molecule has 2 aromatic rings. The van der Waals surface area contributed by atoms with Crippen molar-refractivity contribution in [2.75, 3.05) is 0 Å². The third kappa shape index (κ3) is 7.08. The molecule has 0 aliphatic rings. The average molecular weight is 467 g/mol. The summed E-state index contributed by atoms with van der Waals surface area (Å²) < 4.78 is 32.4. The van der Waals surface area contributed by atoms with Crippen molar-refractivity contribution in [1.29, 1.82) is 0 Å². The van der Waals surface area contributed by atoms with E-state index in [1.165, 1.54) is 0 Å². The summed E-state index contributed by atoms with van der Waals surface area (Å²) in [6.07, 6.45) is 1.35. The first kappa shape index (κ1) is 25.9. The maximum Gasteiger partial charge on any atom is 0.209 e. The van der Waals surface area contributed by atoms with Gasteiger partial charge in [0, 0.05) is 5.56 Å². The molecular formula is C27H34O3SSi. The van der Waals surface area contributed by atoms with Crippen LogP contribution in [0.1, 0.15) is 45.6 Å². The number of rotatable bonds is 8. The van der Waals surface area contributed by atoms with E-state index in [4.69, 9.17) is 4.43 Å². The molecule has 170 valence electrons. The Morgan fingerprint density at radius 2 is 1.59 bits per heavy atom. The molecule has 0 heterocycles. The van der Waals surface area contributed by atoms with E-state index in [9.17, 15) is 8.42 Å². The first-order chi connectivity index (χ1) is 15.0. The fraction of sp³-hybridized carbons (Fsp3) is 0.370. The molecule has 1 unspecified atom stereocenters. The van der Waals surface area contributed by atoms with Gasteiger partial charge in [-0.25, -0.2) is 8.42 Å². The zero-order valence-corrected chi connectivity index (χ0v) is 21.6. The number of benzene rings is 2. The highest BCUT2D eigenvalue weighted by molar-refractivity contribution is 7.95. The van der Waals surface area contributed by atoms with Crippen LogP contribution in [0.25, 0.3) is 0 Å². The van der Waals surface area contributed by atoms with E-state index in [1.54, 1.807) is 30.3 Å². The lowest BCUT2D eigenvalue weighted by Crippen LogP contribution is -2.43. The van der Waals surface area contributed by atoms with E-state index in [-0.39, 0.29) is 20.9 Å². The van der Waals surface area contributed by atoms with E-state index < -0.39 is 18.2 Å². The van der Waals surface area contributed by atoms with Crippen molar-refractivity contribution in [3.63, 3.8) is 0 Å². The summed E-state index contributed by atoms with van der Waals surface area (Å²) in [5.41, 5.74) is 3.59. The Labute approximate surface area is 195 Å². The lowest BCUT2D eigenvalue weighted by atomic mass is 10.1. The van der Waals surface area contributed by atoms with Crippen LogP contribution in [0.5, 0.6) is 0 Å². The van der Waals surface area contributed by atoms with Gasteiger partial charge in [0.25, 0.3) is 0 Å². The zero-order valence-electron chi connectivity index (χ0n) is 19.8. The summed E-state index contributed by atoms with van der Waals surface area (Å²) in [7, 11) is -5.62. The molecule has 2 aromatic carbocycles. The van der Waals surface area contributed by atoms with Crippen LogP contribution in [0.3, 0.4) is 0 Å². The van der Waals surface area contributed by atoms with E-state index in [0.717, 1.165) is 5.56 Å². The third-order valence-corrected chi connectivity index (χ3v) is 12.2. The monoisotopic (exact) mass is 466 g/mol. The molecule has 0 aromatic heterocycles. The molecule has 1 atom stereocenters. The van der Waals surface area contributed by atoms with Crippen molar-refractivity contribution in [3.8, 4) is 11.8 Å². The second kappa shape index (κ2) is 11.0. The molecule has 32 heavy (non-hydrogen) atoms. The van der Waals surface area contributed by atoms with Gasteiger partial charge in [-0.1, -0.05) is 75.6 Å². The van der Waals surface area contributed by atoms with Crippen molar-refractivity contribution in [2.45, 2.75) is 69.2 Å². The van der Waals surface area contributed by atoms with Crippen molar-refractivity contribution in [1.82, 2.24) is 0 Å². The Balaban J connectivity index is 2.17. The summed E-state index contributed by atoms with van der Waals surface area (Å²) in [6, 6.07) is 18.3. The van der Waals surface area contributed by atoms with Gasteiger partial charge in [-0.2, -0.15) is 0 Å². The Hall–Kier alpha value is -2.35. The third-order valence-electron chi connectivity index (χ3n) is 5.84. The van der Waals surface area contributed by atoms with Crippen LogP contribution in [0, 0.1) is 11.8 Å². The molecule has 0 aliphatic heterocycles. The lowest BCUT2D eigenvalue weighted by molar-refractivity contribution is 0.221. The van der Waals surface area contributed by atoms with E-state index in [0.29, 0.717) is 19.3 Å². The smallest absolute Gasteiger partial charge is 0.209 e. The van der Waals surface area contributed by atoms with Gasteiger partial charge in [0.05, 0.1) is 9.80 Å². The van der Waals surface area contributed by atoms with Crippen LogP contribution in [0.4, 0.5) is 0 Å². The SMILES string of the molecule is C=C=C(CCCC(C#Cc1ccccc1)O[Si](C)(C)C(C)(C)C)S(=O)(=O)c1ccccc1. The maximum absolute atomic E-state index is 12.9. The highest BCUT2D eigenvalue weighted by Crippen LogP contribution is 2.38. The quantitative estimate of drug-likeness (QED) is 0.246. The Bertz CT molecular complexity index is 1100. The molecule has 0 N–H and O–H groups in total. The average Bonchev–Trinajstić information content (AvgIpc) is 2.75. The molecule has 0 saturated heterocycles. The molecule has 0 saturated carbocycles. The van der Waals surface area contributed by atoms with Crippen molar-refractivity contribution < 1.29 is 12.8 Å². The summed E-state index contributed by atoms with van der Waals surface area (Å²) in [5, 5.41) is 0.0580. The van der Waals surface area contributed by atoms with Gasteiger partial charge >= 0.3 is 0 Å². The molecule has 0 aliphatic carbocycles. The summed E-state index contributed by atoms with van der Waals surface area (Å²) in [4.78, 5) is 0.481. The molecule has 2 rings (SSSR count). The van der Waals surface area contributed by atoms with E-state index in [1.807, 2.05) is 30.3 Å². The molecule has 3 nitrogen and oxygen atoms in total. The maximum atomic E-state index is 12.9. The van der Waals surface area contributed by atoms with Gasteiger partial charge in [-0.05, 0) is 61.7 Å². The van der Waals surface area contributed by atoms with Crippen LogP contribution in [-0.4, -0.2) is 22.8 Å². The summed E-state index contributed by atoms with van der Waals surface area (Å²) in [6.45, 7) is 14.6. The second-order valence-corrected chi connectivity index (χ2v) is 16.0. The van der Waals surface area contributed by atoms with Crippen LogP contribution < -0.4 is 0 Å². The van der Waals surface area contributed by atoms with Gasteiger partial charge in [-0.15, -0.1) is 5.73 Å². The Morgan fingerprint density at radius 1 is 1.03 bits per heavy atom. The molecule has 5 heteroatoms. The molecule has 0 fully saturated rings. The van der Waals surface area contributed by atoms with Gasteiger partial charge in [0.15, 0.2) is 8.32 Å². The molecule has 0 bridgehead atoms. The normalized spacial score (nSPS) is 12.9. The minimum absolute atomic E-state index is 0.0580. The standard InChI is InChI=1S/C27H34O3SSi/c1-7-25(31(28,29)26-18-12-9-13-19-26)20-14-17-24(30-32(5,6)27(2,3)4)22-21-23-15-10-8-11-16-23/h8-13,15-16,18-19,24H,1,14,17,20H2,2-6H3. The zero-order chi connectivity index (χ0) is 23.8.